The molecular formula is C23H18F3N4O4+. The minimum atomic E-state index is -4.62. The number of carboxylic acid groups (broad SMARTS) is 1. The number of imide groups is 1. The normalized spacial score (nSPS) is 16.5. The zero-order chi connectivity index (χ0) is 24.6. The van der Waals surface area contributed by atoms with Gasteiger partial charge in [0.25, 0.3) is 0 Å². The van der Waals surface area contributed by atoms with Gasteiger partial charge in [-0.25, -0.2) is 4.79 Å². The van der Waals surface area contributed by atoms with Gasteiger partial charge in [-0.05, 0) is 60.0 Å². The lowest BCUT2D eigenvalue weighted by molar-refractivity contribution is -0.344. The quantitative estimate of drug-likeness (QED) is 0.433. The number of aromatic nitrogens is 2. The van der Waals surface area contributed by atoms with Crippen molar-refractivity contribution in [1.82, 2.24) is 15.1 Å². The van der Waals surface area contributed by atoms with E-state index in [0.29, 0.717) is 4.90 Å². The van der Waals surface area contributed by atoms with Crippen LogP contribution in [0.25, 0.3) is 11.3 Å². The molecule has 1 atom stereocenters. The number of amides is 3. The fourth-order valence-corrected chi connectivity index (χ4v) is 3.73. The number of carboxylic acids is 1. The smallest absolute Gasteiger partial charge is 0.480 e. The maximum atomic E-state index is 13.3. The highest BCUT2D eigenvalue weighted by Crippen LogP contribution is 2.33. The molecule has 1 aliphatic rings. The number of hydrogen-bond acceptors (Lipinski definition) is 4. The molecule has 11 heteroatoms. The van der Waals surface area contributed by atoms with E-state index in [2.05, 4.69) is 10.2 Å². The number of carbonyl (C=O) groups is 3. The number of aromatic amines is 1. The van der Waals surface area contributed by atoms with Gasteiger partial charge in [0, 0.05) is 6.20 Å². The molecule has 2 N–H and O–H groups in total. The van der Waals surface area contributed by atoms with E-state index in [4.69, 9.17) is 0 Å². The van der Waals surface area contributed by atoms with E-state index in [9.17, 15) is 32.7 Å². The molecule has 8 nitrogen and oxygen atoms in total. The van der Waals surface area contributed by atoms with E-state index in [0.717, 1.165) is 28.1 Å². The predicted molar refractivity (Wildman–Crippen MR) is 113 cm³/mol. The van der Waals surface area contributed by atoms with E-state index >= 15 is 0 Å². The zero-order valence-electron chi connectivity index (χ0n) is 17.7. The van der Waals surface area contributed by atoms with Crippen LogP contribution in [0, 0.1) is 12.8 Å². The second-order valence-electron chi connectivity index (χ2n) is 7.65. The van der Waals surface area contributed by atoms with Crippen molar-refractivity contribution in [2.75, 3.05) is 0 Å². The lowest BCUT2D eigenvalue weighted by Crippen LogP contribution is -2.51. The molecule has 0 aliphatic carbocycles. The molecular weight excluding hydrogens is 453 g/mol. The number of urea groups is 1. The Bertz CT molecular complexity index is 1300. The summed E-state index contributed by atoms with van der Waals surface area (Å²) in [5.41, 5.74) is 0.811. The summed E-state index contributed by atoms with van der Waals surface area (Å²) in [6.07, 6.45) is -2.05. The van der Waals surface area contributed by atoms with Crippen molar-refractivity contribution in [2.45, 2.75) is 19.6 Å². The van der Waals surface area contributed by atoms with Gasteiger partial charge in [0.15, 0.2) is 0 Å². The summed E-state index contributed by atoms with van der Waals surface area (Å²) >= 11 is 0. The van der Waals surface area contributed by atoms with Gasteiger partial charge in [0.05, 0.1) is 11.3 Å². The third-order valence-electron chi connectivity index (χ3n) is 5.57. The molecule has 34 heavy (non-hydrogen) atoms. The van der Waals surface area contributed by atoms with Crippen LogP contribution in [0.2, 0.25) is 0 Å². The Morgan fingerprint density at radius 3 is 2.44 bits per heavy atom. The first kappa shape index (κ1) is 22.9. The number of alkyl halides is 3. The molecule has 1 aromatic heterocycles. The second-order valence-corrected chi connectivity index (χ2v) is 7.65. The maximum Gasteiger partial charge on any atom is 0.505 e. The number of carbonyl (C=O) groups excluding carboxylic acids is 2. The van der Waals surface area contributed by atoms with Crippen molar-refractivity contribution in [2.24, 2.45) is 5.92 Å². The first-order valence-corrected chi connectivity index (χ1v) is 10.1. The van der Waals surface area contributed by atoms with Gasteiger partial charge in [-0.2, -0.15) is 32.5 Å². The minimum absolute atomic E-state index is 0.0807. The average molecular weight is 471 g/mol. The van der Waals surface area contributed by atoms with Gasteiger partial charge in [-0.15, -0.1) is 0 Å². The molecule has 3 amide bonds. The Hall–Kier alpha value is -4.28. The highest BCUT2D eigenvalue weighted by atomic mass is 19.4. The predicted octanol–water partition coefficient (Wildman–Crippen LogP) is 3.98. The molecule has 0 radical (unpaired) electrons. The van der Waals surface area contributed by atoms with Crippen molar-refractivity contribution in [3.05, 3.63) is 71.4 Å². The number of hydrogen-bond donors (Lipinski definition) is 2. The summed E-state index contributed by atoms with van der Waals surface area (Å²) in [7, 11) is 0. The molecule has 0 saturated heterocycles. The van der Waals surface area contributed by atoms with Crippen LogP contribution in [-0.2, 0) is 22.3 Å². The molecule has 4 rings (SSSR count). The molecule has 0 bridgehead atoms. The molecule has 174 valence electrons. The maximum absolute atomic E-state index is 13.3. The van der Waals surface area contributed by atoms with Gasteiger partial charge in [-0.1, -0.05) is 12.1 Å². The van der Waals surface area contributed by atoms with E-state index in [1.165, 1.54) is 19.1 Å². The van der Waals surface area contributed by atoms with Crippen molar-refractivity contribution in [3.8, 4) is 11.3 Å². The standard InChI is InChI=1S/C23H17F3N4O4/c1-13-15(3-2-4-18(13)23(24,25)26)11-30-20(31)17(21(32)33)12-29(22(30)34)16-7-5-14(6-8-16)19-9-10-27-28-19/h2-10,12,17H,11H2,1H3,(H-,27,28,32,33)/p+1. The van der Waals surface area contributed by atoms with Crippen molar-refractivity contribution in [3.63, 3.8) is 0 Å². The monoisotopic (exact) mass is 471 g/mol. The van der Waals surface area contributed by atoms with Crippen LogP contribution in [0.4, 0.5) is 23.7 Å². The number of benzene rings is 2. The Labute approximate surface area is 190 Å². The number of nitrogens with one attached hydrogen (secondary N) is 1. The second kappa shape index (κ2) is 8.58. The van der Waals surface area contributed by atoms with Crippen molar-refractivity contribution < 1.29 is 37.2 Å². The molecule has 0 saturated carbocycles. The van der Waals surface area contributed by atoms with Gasteiger partial charge < -0.3 is 5.11 Å². The van der Waals surface area contributed by atoms with E-state index in [-0.39, 0.29) is 16.8 Å². The SMILES string of the molecule is Cc1c(CN2C(=O)C(C(=O)O)C=[N+](c3ccc(-c4ccn[nH]4)cc3)C2=O)cccc1C(F)(F)F. The van der Waals surface area contributed by atoms with Crippen molar-refractivity contribution >= 4 is 29.8 Å². The summed E-state index contributed by atoms with van der Waals surface area (Å²) < 4.78 is 40.9. The molecule has 2 aromatic carbocycles. The Morgan fingerprint density at radius 1 is 1.15 bits per heavy atom. The zero-order valence-corrected chi connectivity index (χ0v) is 17.7. The molecule has 0 fully saturated rings. The van der Waals surface area contributed by atoms with Crippen LogP contribution < -0.4 is 0 Å². The Morgan fingerprint density at radius 2 is 1.85 bits per heavy atom. The first-order valence-electron chi connectivity index (χ1n) is 10.1. The summed E-state index contributed by atoms with van der Waals surface area (Å²) in [6.45, 7) is 0.734. The highest BCUT2D eigenvalue weighted by Gasteiger charge is 2.47. The van der Waals surface area contributed by atoms with Crippen LogP contribution >= 0.6 is 0 Å². The molecule has 2 heterocycles. The van der Waals surface area contributed by atoms with Gasteiger partial charge in [0.2, 0.25) is 5.92 Å². The Balaban J connectivity index is 1.71. The van der Waals surface area contributed by atoms with E-state index in [1.807, 2.05) is 0 Å². The summed E-state index contributed by atoms with van der Waals surface area (Å²) in [5.74, 6) is -4.20. The molecule has 3 aromatic rings. The largest absolute Gasteiger partial charge is 0.505 e. The minimum Gasteiger partial charge on any atom is -0.480 e. The number of rotatable bonds is 5. The fourth-order valence-electron chi connectivity index (χ4n) is 3.73. The summed E-state index contributed by atoms with van der Waals surface area (Å²) in [4.78, 5) is 38.4. The fraction of sp³-hybridized carbons (Fsp3) is 0.174. The lowest BCUT2D eigenvalue weighted by Gasteiger charge is -2.23. The third kappa shape index (κ3) is 4.19. The number of H-pyrrole nitrogens is 1. The molecule has 1 unspecified atom stereocenters. The summed E-state index contributed by atoms with van der Waals surface area (Å²) in [5, 5.41) is 16.2. The first-order chi connectivity index (χ1) is 16.1. The van der Waals surface area contributed by atoms with Crippen LogP contribution in [-0.4, -0.2) is 48.9 Å². The number of aliphatic carboxylic acids is 1. The molecule has 1 aliphatic heterocycles. The highest BCUT2D eigenvalue weighted by molar-refractivity contribution is 6.15. The van der Waals surface area contributed by atoms with Gasteiger partial charge in [0.1, 0.15) is 18.4 Å². The van der Waals surface area contributed by atoms with Gasteiger partial charge in [-0.3, -0.25) is 9.89 Å². The number of halogens is 3. The summed E-state index contributed by atoms with van der Waals surface area (Å²) in [6, 6.07) is 10.8. The number of nitrogens with zero attached hydrogens (tertiary/aromatic N) is 3. The van der Waals surface area contributed by atoms with E-state index in [1.54, 1.807) is 36.5 Å². The van der Waals surface area contributed by atoms with E-state index < -0.39 is 42.1 Å². The van der Waals surface area contributed by atoms with Crippen LogP contribution in [0.3, 0.4) is 0 Å². The topological polar surface area (TPSA) is 106 Å². The Kier molecular flexibility index (Phi) is 5.78. The molecule has 0 spiro atoms. The van der Waals surface area contributed by atoms with Crippen molar-refractivity contribution in [1.29, 1.82) is 0 Å². The van der Waals surface area contributed by atoms with Crippen LogP contribution in [0.15, 0.2) is 54.7 Å². The lowest BCUT2D eigenvalue weighted by atomic mass is 10.0. The van der Waals surface area contributed by atoms with Crippen LogP contribution in [0.1, 0.15) is 16.7 Å². The average Bonchev–Trinajstić information content (AvgIpc) is 3.32. The third-order valence-corrected chi connectivity index (χ3v) is 5.57. The van der Waals surface area contributed by atoms with Crippen LogP contribution in [0.5, 0.6) is 0 Å². The van der Waals surface area contributed by atoms with Gasteiger partial charge >= 0.3 is 24.1 Å².